The fourth-order valence-corrected chi connectivity index (χ4v) is 0.784. The number of rotatable bonds is 4. The smallest absolute Gasteiger partial charge is 0.0371 e. The van der Waals surface area contributed by atoms with Crippen molar-refractivity contribution >= 4 is 6.72 Å². The van der Waals surface area contributed by atoms with Gasteiger partial charge in [0.2, 0.25) is 0 Å². The molecule has 0 aliphatic carbocycles. The minimum atomic E-state index is 0.902. The van der Waals surface area contributed by atoms with E-state index in [4.69, 9.17) is 0 Å². The van der Waals surface area contributed by atoms with Crippen molar-refractivity contribution in [3.05, 3.63) is 47.7 Å². The molecule has 0 aliphatic rings. The fourth-order valence-electron chi connectivity index (χ4n) is 0.784. The van der Waals surface area contributed by atoms with Gasteiger partial charge in [0.05, 0.1) is 0 Å². The van der Waals surface area contributed by atoms with E-state index in [0.29, 0.717) is 0 Å². The molecule has 0 saturated carbocycles. The minimum Gasteiger partial charge on any atom is -0.269 e. The molecule has 0 aromatic carbocycles. The van der Waals surface area contributed by atoms with Crippen molar-refractivity contribution < 1.29 is 0 Å². The van der Waals surface area contributed by atoms with Gasteiger partial charge in [-0.2, -0.15) is 0 Å². The zero-order valence-corrected chi connectivity index (χ0v) is 8.67. The second-order valence-electron chi connectivity index (χ2n) is 2.87. The quantitative estimate of drug-likeness (QED) is 0.456. The first kappa shape index (κ1) is 11.6. The lowest BCUT2D eigenvalue weighted by Crippen LogP contribution is -1.80. The van der Waals surface area contributed by atoms with Crippen LogP contribution in [0.3, 0.4) is 0 Å². The number of nitrogens with zero attached hydrogens (tertiary/aromatic N) is 1. The van der Waals surface area contributed by atoms with Crippen molar-refractivity contribution in [2.45, 2.75) is 20.8 Å². The van der Waals surface area contributed by atoms with E-state index >= 15 is 0 Å². The summed E-state index contributed by atoms with van der Waals surface area (Å²) in [7, 11) is 0. The molecule has 13 heavy (non-hydrogen) atoms. The monoisotopic (exact) mass is 175 g/mol. The minimum absolute atomic E-state index is 0.902. The van der Waals surface area contributed by atoms with Crippen LogP contribution in [0.1, 0.15) is 20.8 Å². The molecule has 0 aromatic heterocycles. The van der Waals surface area contributed by atoms with E-state index in [2.05, 4.69) is 18.3 Å². The molecule has 0 heterocycles. The Hall–Kier alpha value is -1.37. The summed E-state index contributed by atoms with van der Waals surface area (Å²) in [4.78, 5) is 3.82. The Morgan fingerprint density at radius 2 is 1.92 bits per heavy atom. The van der Waals surface area contributed by atoms with Crippen LogP contribution >= 0.6 is 0 Å². The van der Waals surface area contributed by atoms with Crippen LogP contribution in [0.15, 0.2) is 52.7 Å². The topological polar surface area (TPSA) is 12.4 Å². The molecule has 0 atom stereocenters. The summed E-state index contributed by atoms with van der Waals surface area (Å²) in [5.41, 5.74) is 3.02. The summed E-state index contributed by atoms with van der Waals surface area (Å²) in [6.45, 7) is 13.2. The summed E-state index contributed by atoms with van der Waals surface area (Å²) in [6.07, 6.45) is 7.94. The van der Waals surface area contributed by atoms with Gasteiger partial charge in [-0.25, -0.2) is 0 Å². The Morgan fingerprint density at radius 3 is 2.31 bits per heavy atom. The molecule has 0 unspecified atom stereocenters. The highest BCUT2D eigenvalue weighted by Crippen LogP contribution is 2.11. The van der Waals surface area contributed by atoms with Gasteiger partial charge in [-0.15, -0.1) is 0 Å². The van der Waals surface area contributed by atoms with Crippen LogP contribution in [0.2, 0.25) is 0 Å². The summed E-state index contributed by atoms with van der Waals surface area (Å²) in [5.74, 6) is 0. The highest BCUT2D eigenvalue weighted by molar-refractivity contribution is 5.42. The summed E-state index contributed by atoms with van der Waals surface area (Å²) in [6, 6.07) is 0. The van der Waals surface area contributed by atoms with Crippen LogP contribution in [0, 0.1) is 0 Å². The van der Waals surface area contributed by atoms with E-state index in [1.54, 1.807) is 0 Å². The molecule has 0 aliphatic heterocycles. The van der Waals surface area contributed by atoms with Crippen LogP contribution in [0.5, 0.6) is 0 Å². The average molecular weight is 175 g/mol. The van der Waals surface area contributed by atoms with Crippen molar-refractivity contribution in [1.82, 2.24) is 0 Å². The molecule has 0 radical (unpaired) electrons. The first-order chi connectivity index (χ1) is 6.11. The van der Waals surface area contributed by atoms with Gasteiger partial charge < -0.3 is 0 Å². The number of hydrogen-bond acceptors (Lipinski definition) is 1. The van der Waals surface area contributed by atoms with Crippen LogP contribution < -0.4 is 0 Å². The van der Waals surface area contributed by atoms with Crippen molar-refractivity contribution in [2.75, 3.05) is 0 Å². The Balaban J connectivity index is 4.83. The normalized spacial score (nSPS) is 13.5. The number of allylic oxidation sites excluding steroid dienone is 7. The third-order valence-corrected chi connectivity index (χ3v) is 1.57. The molecule has 70 valence electrons. The highest BCUT2D eigenvalue weighted by atomic mass is 14.7. The van der Waals surface area contributed by atoms with E-state index < -0.39 is 0 Å². The van der Waals surface area contributed by atoms with Crippen LogP contribution in [0.4, 0.5) is 0 Å². The summed E-state index contributed by atoms with van der Waals surface area (Å²) in [5, 5.41) is 0. The van der Waals surface area contributed by atoms with Crippen molar-refractivity contribution in [3.8, 4) is 0 Å². The molecule has 1 heteroatoms. The average Bonchev–Trinajstić information content (AvgIpc) is 2.11. The van der Waals surface area contributed by atoms with E-state index in [-0.39, 0.29) is 0 Å². The van der Waals surface area contributed by atoms with Crippen molar-refractivity contribution in [3.63, 3.8) is 0 Å². The number of hydrogen-bond donors (Lipinski definition) is 0. The maximum absolute atomic E-state index is 3.89. The molecule has 0 spiro atoms. The van der Waals surface area contributed by atoms with Gasteiger partial charge in [0.15, 0.2) is 0 Å². The van der Waals surface area contributed by atoms with Crippen LogP contribution in [-0.2, 0) is 0 Å². The number of aliphatic imine (C=N–C) groups is 1. The molecule has 0 saturated heterocycles. The molecular weight excluding hydrogens is 158 g/mol. The molecule has 0 amide bonds. The highest BCUT2D eigenvalue weighted by Gasteiger charge is 1.92. The van der Waals surface area contributed by atoms with Gasteiger partial charge in [0.25, 0.3) is 0 Å². The lowest BCUT2D eigenvalue weighted by Gasteiger charge is -1.99. The van der Waals surface area contributed by atoms with Gasteiger partial charge in [-0.1, -0.05) is 30.4 Å². The van der Waals surface area contributed by atoms with E-state index in [9.17, 15) is 0 Å². The molecule has 1 nitrogen and oxygen atoms in total. The zero-order chi connectivity index (χ0) is 10.3. The lowest BCUT2D eigenvalue weighted by molar-refractivity contribution is 1.30. The largest absolute Gasteiger partial charge is 0.269 e. The second-order valence-corrected chi connectivity index (χ2v) is 2.87. The van der Waals surface area contributed by atoms with Crippen LogP contribution in [0.25, 0.3) is 0 Å². The summed E-state index contributed by atoms with van der Waals surface area (Å²) >= 11 is 0. The maximum atomic E-state index is 3.89. The molecule has 0 aromatic rings. The Morgan fingerprint density at radius 1 is 1.31 bits per heavy atom. The molecule has 0 bridgehead atoms. The molecule has 0 fully saturated rings. The predicted octanol–water partition coefficient (Wildman–Crippen LogP) is 3.67. The second kappa shape index (κ2) is 6.18. The Bertz CT molecular complexity index is 277. The molecule has 0 rings (SSSR count). The van der Waals surface area contributed by atoms with Crippen molar-refractivity contribution in [2.24, 2.45) is 4.99 Å². The summed E-state index contributed by atoms with van der Waals surface area (Å²) < 4.78 is 0. The standard InChI is InChI=1S/C12H17N/c1-6-7-8-12(10(2)3)9-11(4)13-5/h6-9H,2,5H2,1,3-4H3/b7-6-,11-9-,12-8-. The van der Waals surface area contributed by atoms with Crippen LogP contribution in [-0.4, -0.2) is 6.72 Å². The maximum Gasteiger partial charge on any atom is 0.0371 e. The molecular formula is C12H17N. The van der Waals surface area contributed by atoms with Gasteiger partial charge in [0, 0.05) is 5.70 Å². The van der Waals surface area contributed by atoms with Gasteiger partial charge in [-0.3, -0.25) is 4.99 Å². The molecule has 0 N–H and O–H groups in total. The van der Waals surface area contributed by atoms with E-state index in [0.717, 1.165) is 16.8 Å². The fraction of sp³-hybridized carbons (Fsp3) is 0.250. The Kier molecular flexibility index (Phi) is 5.53. The lowest BCUT2D eigenvalue weighted by atomic mass is 10.1. The first-order valence-corrected chi connectivity index (χ1v) is 4.25. The van der Waals surface area contributed by atoms with Gasteiger partial charge in [0.1, 0.15) is 0 Å². The van der Waals surface area contributed by atoms with E-state index in [1.165, 1.54) is 0 Å². The van der Waals surface area contributed by atoms with Gasteiger partial charge in [-0.05, 0) is 39.1 Å². The zero-order valence-electron chi connectivity index (χ0n) is 8.67. The predicted molar refractivity (Wildman–Crippen MR) is 61.0 cm³/mol. The third kappa shape index (κ3) is 4.96. The van der Waals surface area contributed by atoms with E-state index in [1.807, 2.05) is 45.1 Å². The van der Waals surface area contributed by atoms with Gasteiger partial charge >= 0.3 is 0 Å². The third-order valence-electron chi connectivity index (χ3n) is 1.57. The first-order valence-electron chi connectivity index (χ1n) is 4.25. The SMILES string of the molecule is C=N\C(C)=C/C(=C/C=C\C)C(=C)C. The Labute approximate surface area is 80.9 Å². The van der Waals surface area contributed by atoms with Crippen molar-refractivity contribution in [1.29, 1.82) is 0 Å².